The molecule has 1 aromatic carbocycles. The molecular formula is C15H17N3O3. The largest absolute Gasteiger partial charge is 0.341 e. The van der Waals surface area contributed by atoms with Crippen LogP contribution in [-0.4, -0.2) is 47.3 Å². The molecule has 1 N–H and O–H groups in total. The zero-order valence-electron chi connectivity index (χ0n) is 11.6. The minimum Gasteiger partial charge on any atom is -0.341 e. The summed E-state index contributed by atoms with van der Waals surface area (Å²) in [5, 5.41) is 2.63. The molecule has 6 heteroatoms. The zero-order chi connectivity index (χ0) is 14.8. The van der Waals surface area contributed by atoms with E-state index in [1.54, 1.807) is 17.0 Å². The molecule has 1 unspecified atom stereocenters. The van der Waals surface area contributed by atoms with Crippen LogP contribution in [0.3, 0.4) is 0 Å². The fourth-order valence-corrected chi connectivity index (χ4v) is 2.74. The number of nitrogens with zero attached hydrogens (tertiary/aromatic N) is 2. The molecule has 21 heavy (non-hydrogen) atoms. The molecule has 6 nitrogen and oxygen atoms in total. The lowest BCUT2D eigenvalue weighted by Crippen LogP contribution is -2.42. The first-order valence-electron chi connectivity index (χ1n) is 7.11. The Morgan fingerprint density at radius 3 is 2.48 bits per heavy atom. The van der Waals surface area contributed by atoms with Crippen LogP contribution in [0.25, 0.3) is 0 Å². The van der Waals surface area contributed by atoms with Crippen molar-refractivity contribution in [2.24, 2.45) is 0 Å². The van der Waals surface area contributed by atoms with Gasteiger partial charge in [0.05, 0.1) is 0 Å². The van der Waals surface area contributed by atoms with Crippen LogP contribution < -0.4 is 5.32 Å². The van der Waals surface area contributed by atoms with E-state index in [4.69, 9.17) is 0 Å². The second kappa shape index (κ2) is 5.55. The van der Waals surface area contributed by atoms with Gasteiger partial charge in [-0.05, 0) is 18.4 Å². The van der Waals surface area contributed by atoms with Crippen molar-refractivity contribution in [2.75, 3.05) is 19.6 Å². The Morgan fingerprint density at radius 1 is 1.14 bits per heavy atom. The van der Waals surface area contributed by atoms with Crippen molar-refractivity contribution in [3.8, 4) is 0 Å². The molecule has 2 aliphatic heterocycles. The van der Waals surface area contributed by atoms with E-state index in [0.717, 1.165) is 23.3 Å². The van der Waals surface area contributed by atoms with Crippen LogP contribution in [0.15, 0.2) is 30.3 Å². The lowest BCUT2D eigenvalue weighted by atomic mass is 10.1. The number of rotatable bonds is 3. The SMILES string of the molecule is O=C(CN1C(=O)NC(c2ccccc2)C1=O)N1CCCC1. The first-order valence-corrected chi connectivity index (χ1v) is 7.11. The lowest BCUT2D eigenvalue weighted by Gasteiger charge is -2.19. The summed E-state index contributed by atoms with van der Waals surface area (Å²) in [5.41, 5.74) is 0.729. The molecule has 1 aromatic rings. The molecule has 2 saturated heterocycles. The molecule has 1 atom stereocenters. The maximum Gasteiger partial charge on any atom is 0.325 e. The van der Waals surface area contributed by atoms with Gasteiger partial charge in [0, 0.05) is 13.1 Å². The van der Waals surface area contributed by atoms with Gasteiger partial charge in [-0.3, -0.25) is 14.5 Å². The molecule has 0 aliphatic carbocycles. The highest BCUT2D eigenvalue weighted by Crippen LogP contribution is 2.21. The van der Waals surface area contributed by atoms with Crippen LogP contribution in [0.5, 0.6) is 0 Å². The van der Waals surface area contributed by atoms with Crippen molar-refractivity contribution in [2.45, 2.75) is 18.9 Å². The molecule has 0 saturated carbocycles. The minimum absolute atomic E-state index is 0.162. The molecule has 4 amide bonds. The van der Waals surface area contributed by atoms with Gasteiger partial charge in [-0.25, -0.2) is 4.79 Å². The zero-order valence-corrected chi connectivity index (χ0v) is 11.6. The summed E-state index contributed by atoms with van der Waals surface area (Å²) in [7, 11) is 0. The Bertz CT molecular complexity index is 567. The molecule has 0 aromatic heterocycles. The average molecular weight is 287 g/mol. The molecule has 0 bridgehead atoms. The third-order valence-corrected chi connectivity index (χ3v) is 3.91. The van der Waals surface area contributed by atoms with E-state index >= 15 is 0 Å². The summed E-state index contributed by atoms with van der Waals surface area (Å²) < 4.78 is 0. The van der Waals surface area contributed by atoms with Gasteiger partial charge in [0.1, 0.15) is 12.6 Å². The normalized spacial score (nSPS) is 21.8. The highest BCUT2D eigenvalue weighted by molar-refractivity contribution is 6.06. The highest BCUT2D eigenvalue weighted by Gasteiger charge is 2.40. The highest BCUT2D eigenvalue weighted by atomic mass is 16.2. The van der Waals surface area contributed by atoms with Crippen LogP contribution >= 0.6 is 0 Å². The van der Waals surface area contributed by atoms with Gasteiger partial charge in [0.15, 0.2) is 0 Å². The van der Waals surface area contributed by atoms with E-state index in [2.05, 4.69) is 5.32 Å². The van der Waals surface area contributed by atoms with Crippen molar-refractivity contribution in [3.05, 3.63) is 35.9 Å². The van der Waals surface area contributed by atoms with Gasteiger partial charge >= 0.3 is 6.03 Å². The summed E-state index contributed by atoms with van der Waals surface area (Å²) in [6.45, 7) is 1.25. The van der Waals surface area contributed by atoms with Gasteiger partial charge in [-0.1, -0.05) is 30.3 Å². The van der Waals surface area contributed by atoms with Gasteiger partial charge in [-0.15, -0.1) is 0 Å². The van der Waals surface area contributed by atoms with Crippen LogP contribution in [0.4, 0.5) is 4.79 Å². The molecule has 3 rings (SSSR count). The Hall–Kier alpha value is -2.37. The van der Waals surface area contributed by atoms with E-state index in [9.17, 15) is 14.4 Å². The van der Waals surface area contributed by atoms with Gasteiger partial charge < -0.3 is 10.2 Å². The van der Waals surface area contributed by atoms with E-state index in [0.29, 0.717) is 13.1 Å². The number of carbonyl (C=O) groups excluding carboxylic acids is 3. The number of urea groups is 1. The maximum absolute atomic E-state index is 12.3. The Morgan fingerprint density at radius 2 is 1.81 bits per heavy atom. The first kappa shape index (κ1) is 13.6. The Kier molecular flexibility index (Phi) is 3.60. The summed E-state index contributed by atoms with van der Waals surface area (Å²) in [6, 6.07) is 7.86. The van der Waals surface area contributed by atoms with Crippen molar-refractivity contribution < 1.29 is 14.4 Å². The molecule has 2 heterocycles. The maximum atomic E-state index is 12.3. The fourth-order valence-electron chi connectivity index (χ4n) is 2.74. The molecule has 2 aliphatic rings. The van der Waals surface area contributed by atoms with E-state index in [1.165, 1.54) is 0 Å². The number of hydrogen-bond donors (Lipinski definition) is 1. The van der Waals surface area contributed by atoms with E-state index < -0.39 is 12.1 Å². The van der Waals surface area contributed by atoms with Crippen LogP contribution in [-0.2, 0) is 9.59 Å². The molecule has 110 valence electrons. The minimum atomic E-state index is -0.690. The Balaban J connectivity index is 1.70. The fraction of sp³-hybridized carbons (Fsp3) is 0.400. The summed E-state index contributed by atoms with van der Waals surface area (Å²) in [5.74, 6) is -0.525. The van der Waals surface area contributed by atoms with Gasteiger partial charge in [-0.2, -0.15) is 0 Å². The predicted molar refractivity (Wildman–Crippen MR) is 75.2 cm³/mol. The molecule has 2 fully saturated rings. The van der Waals surface area contributed by atoms with Crippen molar-refractivity contribution in [1.82, 2.24) is 15.1 Å². The van der Waals surface area contributed by atoms with Crippen molar-refractivity contribution in [3.63, 3.8) is 0 Å². The number of benzene rings is 1. The van der Waals surface area contributed by atoms with Crippen LogP contribution in [0.1, 0.15) is 24.4 Å². The number of likely N-dealkylation sites (tertiary alicyclic amines) is 1. The van der Waals surface area contributed by atoms with Gasteiger partial charge in [0.2, 0.25) is 5.91 Å². The quantitative estimate of drug-likeness (QED) is 0.840. The monoisotopic (exact) mass is 287 g/mol. The number of nitrogens with one attached hydrogen (secondary N) is 1. The number of carbonyl (C=O) groups is 3. The summed E-state index contributed by atoms with van der Waals surface area (Å²) in [4.78, 5) is 39.1. The van der Waals surface area contributed by atoms with E-state index in [1.807, 2.05) is 18.2 Å². The standard InChI is InChI=1S/C15H17N3O3/c19-12(17-8-4-5-9-17)10-18-14(20)13(16-15(18)21)11-6-2-1-3-7-11/h1-3,6-7,13H,4-5,8-10H2,(H,16,21). The summed E-state index contributed by atoms with van der Waals surface area (Å²) >= 11 is 0. The van der Waals surface area contributed by atoms with Crippen molar-refractivity contribution in [1.29, 1.82) is 0 Å². The number of amides is 4. The second-order valence-corrected chi connectivity index (χ2v) is 5.31. The number of hydrogen-bond acceptors (Lipinski definition) is 3. The smallest absolute Gasteiger partial charge is 0.325 e. The molecule has 0 spiro atoms. The second-order valence-electron chi connectivity index (χ2n) is 5.31. The first-order chi connectivity index (χ1) is 10.2. The molecule has 0 radical (unpaired) electrons. The third-order valence-electron chi connectivity index (χ3n) is 3.91. The summed E-state index contributed by atoms with van der Waals surface area (Å²) in [6.07, 6.45) is 1.97. The van der Waals surface area contributed by atoms with Crippen LogP contribution in [0, 0.1) is 0 Å². The Labute approximate surface area is 122 Å². The average Bonchev–Trinajstić information content (AvgIpc) is 3.12. The van der Waals surface area contributed by atoms with Crippen LogP contribution in [0.2, 0.25) is 0 Å². The molecular weight excluding hydrogens is 270 g/mol. The van der Waals surface area contributed by atoms with Crippen molar-refractivity contribution >= 4 is 17.8 Å². The van der Waals surface area contributed by atoms with Gasteiger partial charge in [0.25, 0.3) is 5.91 Å². The topological polar surface area (TPSA) is 69.7 Å². The third kappa shape index (κ3) is 2.61. The lowest BCUT2D eigenvalue weighted by molar-refractivity contribution is -0.136. The van der Waals surface area contributed by atoms with E-state index in [-0.39, 0.29) is 18.4 Å². The predicted octanol–water partition coefficient (Wildman–Crippen LogP) is 0.902. The number of imide groups is 1.